The first-order valence-corrected chi connectivity index (χ1v) is 9.47. The molecule has 3 aromatic rings. The molecule has 0 fully saturated rings. The highest BCUT2D eigenvalue weighted by Crippen LogP contribution is 2.44. The second-order valence-corrected chi connectivity index (χ2v) is 7.24. The van der Waals surface area contributed by atoms with Crippen molar-refractivity contribution >= 4 is 5.91 Å². The molecule has 4 nitrogen and oxygen atoms in total. The Balaban J connectivity index is 1.63. The Morgan fingerprint density at radius 3 is 2.14 bits per heavy atom. The number of benzene rings is 3. The van der Waals surface area contributed by atoms with E-state index >= 15 is 0 Å². The summed E-state index contributed by atoms with van der Waals surface area (Å²) in [6, 6.07) is 21.4. The highest BCUT2D eigenvalue weighted by molar-refractivity contribution is 5.89. The van der Waals surface area contributed by atoms with Gasteiger partial charge in [-0.2, -0.15) is 0 Å². The molecule has 0 radical (unpaired) electrons. The summed E-state index contributed by atoms with van der Waals surface area (Å²) in [5.41, 5.74) is 1.00. The highest BCUT2D eigenvalue weighted by Gasteiger charge is 2.35. The summed E-state index contributed by atoms with van der Waals surface area (Å²) in [6.45, 7) is 1.89. The minimum atomic E-state index is -0.995. The number of ether oxygens (including phenoxy) is 2. The zero-order chi connectivity index (χ0) is 20.4. The predicted octanol–water partition coefficient (Wildman–Crippen LogP) is 4.74. The predicted molar refractivity (Wildman–Crippen MR) is 109 cm³/mol. The molecular weight excluding hydrogens is 369 g/mol. The third kappa shape index (κ3) is 3.49. The summed E-state index contributed by atoms with van der Waals surface area (Å²) in [4.78, 5) is 13.3. The maximum absolute atomic E-state index is 14.3. The summed E-state index contributed by atoms with van der Waals surface area (Å²) < 4.78 is 25.9. The van der Waals surface area contributed by atoms with Crippen LogP contribution in [0, 0.1) is 5.82 Å². The summed E-state index contributed by atoms with van der Waals surface area (Å²) in [6.07, 6.45) is 0. The fourth-order valence-electron chi connectivity index (χ4n) is 3.72. The molecule has 5 heteroatoms. The van der Waals surface area contributed by atoms with E-state index in [1.165, 1.54) is 13.2 Å². The van der Waals surface area contributed by atoms with Crippen LogP contribution in [0.4, 0.5) is 4.39 Å². The standard InChI is InChI=1S/C24H22FNO3/c1-24(28-2,18-11-5-6-12-19(18)25)15-26-23(27)22-16-9-3-7-13-20(16)29-21-14-8-4-10-17(21)22/h3-14,22H,15H2,1-2H3,(H,26,27)/t24-/m0/s1. The van der Waals surface area contributed by atoms with Crippen LogP contribution in [-0.2, 0) is 15.1 Å². The summed E-state index contributed by atoms with van der Waals surface area (Å²) in [5.74, 6) is 0.253. The molecule has 0 saturated heterocycles. The lowest BCUT2D eigenvalue weighted by molar-refractivity contribution is -0.123. The van der Waals surface area contributed by atoms with Crippen LogP contribution in [0.25, 0.3) is 0 Å². The Kier molecular flexibility index (Phi) is 5.07. The number of hydrogen-bond acceptors (Lipinski definition) is 3. The van der Waals surface area contributed by atoms with Gasteiger partial charge in [0.15, 0.2) is 0 Å². The summed E-state index contributed by atoms with van der Waals surface area (Å²) in [5, 5.41) is 2.97. The van der Waals surface area contributed by atoms with Crippen molar-refractivity contribution in [3.63, 3.8) is 0 Å². The number of hydrogen-bond donors (Lipinski definition) is 1. The number of amides is 1. The van der Waals surface area contributed by atoms with E-state index in [1.807, 2.05) is 48.5 Å². The van der Waals surface area contributed by atoms with E-state index in [1.54, 1.807) is 25.1 Å². The van der Waals surface area contributed by atoms with Gasteiger partial charge in [0.05, 0.1) is 12.5 Å². The zero-order valence-corrected chi connectivity index (χ0v) is 16.3. The van der Waals surface area contributed by atoms with Crippen molar-refractivity contribution in [2.75, 3.05) is 13.7 Å². The third-order valence-electron chi connectivity index (χ3n) is 5.44. The quantitative estimate of drug-likeness (QED) is 0.683. The van der Waals surface area contributed by atoms with Crippen LogP contribution < -0.4 is 10.1 Å². The van der Waals surface area contributed by atoms with Crippen molar-refractivity contribution in [1.29, 1.82) is 0 Å². The van der Waals surface area contributed by atoms with Crippen LogP contribution in [0.15, 0.2) is 72.8 Å². The first-order chi connectivity index (χ1) is 14.0. The normalized spacial score (nSPS) is 14.9. The van der Waals surface area contributed by atoms with Crippen LogP contribution in [-0.4, -0.2) is 19.6 Å². The van der Waals surface area contributed by atoms with Gasteiger partial charge in [-0.1, -0.05) is 54.6 Å². The van der Waals surface area contributed by atoms with Crippen molar-refractivity contribution in [3.05, 3.63) is 95.3 Å². The van der Waals surface area contributed by atoms with Crippen molar-refractivity contribution in [2.45, 2.75) is 18.4 Å². The molecule has 1 amide bonds. The number of halogens is 1. The molecule has 3 aromatic carbocycles. The van der Waals surface area contributed by atoms with E-state index in [4.69, 9.17) is 9.47 Å². The van der Waals surface area contributed by atoms with Crippen molar-refractivity contribution < 1.29 is 18.7 Å². The van der Waals surface area contributed by atoms with Gasteiger partial charge in [-0.15, -0.1) is 0 Å². The van der Waals surface area contributed by atoms with Crippen LogP contribution in [0.1, 0.15) is 29.5 Å². The average Bonchev–Trinajstić information content (AvgIpc) is 2.76. The highest BCUT2D eigenvalue weighted by atomic mass is 19.1. The largest absolute Gasteiger partial charge is 0.457 e. The fraction of sp³-hybridized carbons (Fsp3) is 0.208. The molecule has 1 heterocycles. The number of carbonyl (C=O) groups is 1. The van der Waals surface area contributed by atoms with E-state index in [-0.39, 0.29) is 18.3 Å². The zero-order valence-electron chi connectivity index (χ0n) is 16.3. The van der Waals surface area contributed by atoms with Gasteiger partial charge in [-0.05, 0) is 25.1 Å². The van der Waals surface area contributed by atoms with Gasteiger partial charge in [0.25, 0.3) is 0 Å². The van der Waals surface area contributed by atoms with E-state index < -0.39 is 11.5 Å². The maximum atomic E-state index is 14.3. The first kappa shape index (κ1) is 19.2. The monoisotopic (exact) mass is 391 g/mol. The van der Waals surface area contributed by atoms with Crippen LogP contribution in [0.3, 0.4) is 0 Å². The molecule has 148 valence electrons. The van der Waals surface area contributed by atoms with E-state index in [0.29, 0.717) is 17.1 Å². The topological polar surface area (TPSA) is 47.6 Å². The molecule has 29 heavy (non-hydrogen) atoms. The van der Waals surface area contributed by atoms with Crippen LogP contribution in [0.2, 0.25) is 0 Å². The second kappa shape index (κ2) is 7.68. The van der Waals surface area contributed by atoms with Gasteiger partial charge in [-0.3, -0.25) is 4.79 Å². The Hall–Kier alpha value is -3.18. The molecule has 1 aliphatic rings. The second-order valence-electron chi connectivity index (χ2n) is 7.24. The number of carbonyl (C=O) groups excluding carboxylic acids is 1. The smallest absolute Gasteiger partial charge is 0.232 e. The molecule has 4 rings (SSSR count). The van der Waals surface area contributed by atoms with Crippen molar-refractivity contribution in [1.82, 2.24) is 5.32 Å². The Morgan fingerprint density at radius 2 is 1.55 bits per heavy atom. The number of methoxy groups -OCH3 is 1. The maximum Gasteiger partial charge on any atom is 0.232 e. The number of rotatable bonds is 5. The van der Waals surface area contributed by atoms with Crippen LogP contribution >= 0.6 is 0 Å². The van der Waals surface area contributed by atoms with Crippen molar-refractivity contribution in [3.8, 4) is 11.5 Å². The molecule has 0 spiro atoms. The summed E-state index contributed by atoms with van der Waals surface area (Å²) in [7, 11) is 1.51. The molecule has 0 aliphatic carbocycles. The third-order valence-corrected chi connectivity index (χ3v) is 5.44. The number of fused-ring (bicyclic) bond motifs is 2. The van der Waals surface area contributed by atoms with Gasteiger partial charge in [0.2, 0.25) is 5.91 Å². The van der Waals surface area contributed by atoms with Crippen molar-refractivity contribution in [2.24, 2.45) is 0 Å². The molecule has 1 aliphatic heterocycles. The van der Waals surface area contributed by atoms with Gasteiger partial charge < -0.3 is 14.8 Å². The van der Waals surface area contributed by atoms with E-state index in [2.05, 4.69) is 5.32 Å². The minimum absolute atomic E-state index is 0.130. The van der Waals surface area contributed by atoms with Gasteiger partial charge in [-0.25, -0.2) is 4.39 Å². The Labute approximate surface area is 169 Å². The van der Waals surface area contributed by atoms with Gasteiger partial charge in [0, 0.05) is 23.8 Å². The van der Waals surface area contributed by atoms with Gasteiger partial charge in [0.1, 0.15) is 22.9 Å². The number of para-hydroxylation sites is 2. The molecule has 0 bridgehead atoms. The minimum Gasteiger partial charge on any atom is -0.457 e. The molecule has 0 saturated carbocycles. The lowest BCUT2D eigenvalue weighted by atomic mass is 9.87. The molecule has 1 N–H and O–H groups in total. The molecule has 0 unspecified atom stereocenters. The Morgan fingerprint density at radius 1 is 1.00 bits per heavy atom. The van der Waals surface area contributed by atoms with E-state index in [0.717, 1.165) is 11.1 Å². The Bertz CT molecular complexity index is 1010. The summed E-state index contributed by atoms with van der Waals surface area (Å²) >= 11 is 0. The van der Waals surface area contributed by atoms with E-state index in [9.17, 15) is 9.18 Å². The van der Waals surface area contributed by atoms with Gasteiger partial charge >= 0.3 is 0 Å². The molecule has 0 aromatic heterocycles. The van der Waals surface area contributed by atoms with Crippen LogP contribution in [0.5, 0.6) is 11.5 Å². The average molecular weight is 391 g/mol. The number of nitrogens with one attached hydrogen (secondary N) is 1. The first-order valence-electron chi connectivity index (χ1n) is 9.47. The molecular formula is C24H22FNO3. The SMILES string of the molecule is CO[C@@](C)(CNC(=O)C1c2ccccc2Oc2ccccc21)c1ccccc1F. The molecule has 1 atom stereocenters. The fourth-order valence-corrected chi connectivity index (χ4v) is 3.72. The lowest BCUT2D eigenvalue weighted by Gasteiger charge is -2.31. The lowest BCUT2D eigenvalue weighted by Crippen LogP contribution is -2.42.